The highest BCUT2D eigenvalue weighted by atomic mass is 35.5. The predicted octanol–water partition coefficient (Wildman–Crippen LogP) is -0.0653. The molecule has 0 fully saturated rings. The molecule has 10 heavy (non-hydrogen) atoms. The highest BCUT2D eigenvalue weighted by molar-refractivity contribution is 6.58. The van der Waals surface area contributed by atoms with E-state index >= 15 is 0 Å². The number of carbonyl (C=O) groups is 1. The predicted molar refractivity (Wildman–Crippen MR) is 37.0 cm³/mol. The number of carboxylic acids is 1. The number of aliphatic imine (C=N–C) groups is 1. The van der Waals surface area contributed by atoms with Crippen LogP contribution in [0.5, 0.6) is 0 Å². The van der Waals surface area contributed by atoms with Gasteiger partial charge in [-0.25, -0.2) is 4.79 Å². The molecule has 0 aliphatic carbocycles. The smallest absolute Gasteiger partial charge is 0.355 e. The molecule has 0 aromatic carbocycles. The first kappa shape index (κ1) is 7.08. The van der Waals surface area contributed by atoms with Gasteiger partial charge >= 0.3 is 5.97 Å². The van der Waals surface area contributed by atoms with Crippen LogP contribution in [-0.4, -0.2) is 23.3 Å². The zero-order valence-corrected chi connectivity index (χ0v) is 5.72. The Hall–Kier alpha value is -1.03. The molecule has 3 N–H and O–H groups in total. The highest BCUT2D eigenvalue weighted by Crippen LogP contribution is 2.14. The normalized spacial score (nSPS) is 17.5. The number of rotatable bonds is 1. The molecule has 5 heteroatoms. The van der Waals surface area contributed by atoms with Crippen molar-refractivity contribution < 1.29 is 9.90 Å². The maximum absolute atomic E-state index is 10.3. The second kappa shape index (κ2) is 2.30. The van der Waals surface area contributed by atoms with E-state index in [9.17, 15) is 4.79 Å². The molecule has 0 spiro atoms. The molecule has 1 aliphatic heterocycles. The number of carboxylic acid groups (broad SMARTS) is 1. The Bertz CT molecular complexity index is 244. The lowest BCUT2D eigenvalue weighted by Crippen LogP contribution is -2.11. The van der Waals surface area contributed by atoms with Crippen LogP contribution in [0.15, 0.2) is 15.7 Å². The summed E-state index contributed by atoms with van der Waals surface area (Å²) < 4.78 is 0. The van der Waals surface area contributed by atoms with E-state index < -0.39 is 5.97 Å². The number of halogens is 1. The standard InChI is InChI=1S/C5H5ClN2O2/c6-3-2(7)1-8-4(3)5(9)10/h1,7H2,(H,9,10). The lowest BCUT2D eigenvalue weighted by atomic mass is 10.3. The highest BCUT2D eigenvalue weighted by Gasteiger charge is 2.20. The maximum atomic E-state index is 10.3. The Morgan fingerprint density at radius 3 is 2.60 bits per heavy atom. The third kappa shape index (κ3) is 0.974. The fraction of sp³-hybridized carbons (Fsp3) is 0.200. The lowest BCUT2D eigenvalue weighted by molar-refractivity contribution is -0.129. The van der Waals surface area contributed by atoms with Crippen LogP contribution in [0, 0.1) is 0 Å². The molecule has 0 saturated carbocycles. The Labute approximate surface area is 62.0 Å². The van der Waals surface area contributed by atoms with Gasteiger partial charge in [0, 0.05) is 0 Å². The monoisotopic (exact) mass is 160 g/mol. The molecule has 1 rings (SSSR count). The van der Waals surface area contributed by atoms with Gasteiger partial charge in [-0.05, 0) is 0 Å². The van der Waals surface area contributed by atoms with Crippen molar-refractivity contribution in [3.05, 3.63) is 10.7 Å². The van der Waals surface area contributed by atoms with Crippen LogP contribution >= 0.6 is 11.6 Å². The van der Waals surface area contributed by atoms with Crippen LogP contribution in [0.1, 0.15) is 0 Å². The first-order chi connectivity index (χ1) is 4.63. The van der Waals surface area contributed by atoms with Gasteiger partial charge in [-0.2, -0.15) is 0 Å². The molecule has 1 aliphatic rings. The summed E-state index contributed by atoms with van der Waals surface area (Å²) in [5, 5.41) is 8.46. The van der Waals surface area contributed by atoms with Gasteiger partial charge in [0.05, 0.1) is 17.3 Å². The number of hydrogen-bond acceptors (Lipinski definition) is 3. The van der Waals surface area contributed by atoms with E-state index in [-0.39, 0.29) is 17.3 Å². The summed E-state index contributed by atoms with van der Waals surface area (Å²) in [5.74, 6) is -1.13. The zero-order valence-electron chi connectivity index (χ0n) is 4.97. The van der Waals surface area contributed by atoms with Gasteiger partial charge in [0.1, 0.15) is 0 Å². The maximum Gasteiger partial charge on any atom is 0.355 e. The molecule has 0 radical (unpaired) electrons. The van der Waals surface area contributed by atoms with Crippen LogP contribution in [0.3, 0.4) is 0 Å². The van der Waals surface area contributed by atoms with E-state index in [1.165, 1.54) is 0 Å². The molecule has 0 atom stereocenters. The largest absolute Gasteiger partial charge is 0.476 e. The average Bonchev–Trinajstić information content (AvgIpc) is 2.14. The Kier molecular flexibility index (Phi) is 1.63. The van der Waals surface area contributed by atoms with Crippen molar-refractivity contribution in [2.45, 2.75) is 0 Å². The Morgan fingerprint density at radius 2 is 2.40 bits per heavy atom. The number of hydrogen-bond donors (Lipinski definition) is 2. The molecule has 0 aromatic rings. The quantitative estimate of drug-likeness (QED) is 0.564. The van der Waals surface area contributed by atoms with E-state index in [2.05, 4.69) is 4.99 Å². The first-order valence-corrected chi connectivity index (χ1v) is 2.93. The summed E-state index contributed by atoms with van der Waals surface area (Å²) in [7, 11) is 0. The summed E-state index contributed by atoms with van der Waals surface area (Å²) in [6.45, 7) is 0.195. The van der Waals surface area contributed by atoms with E-state index in [0.717, 1.165) is 0 Å². The number of nitrogens with two attached hydrogens (primary N) is 1. The van der Waals surface area contributed by atoms with Gasteiger partial charge in [-0.3, -0.25) is 4.99 Å². The van der Waals surface area contributed by atoms with Crippen molar-refractivity contribution in [3.63, 3.8) is 0 Å². The summed E-state index contributed by atoms with van der Waals surface area (Å²) in [6.07, 6.45) is 0. The van der Waals surface area contributed by atoms with Gasteiger partial charge in [0.15, 0.2) is 5.71 Å². The second-order valence-corrected chi connectivity index (χ2v) is 2.19. The molecule has 54 valence electrons. The summed E-state index contributed by atoms with van der Waals surface area (Å²) in [5.41, 5.74) is 5.46. The molecule has 0 saturated heterocycles. The first-order valence-electron chi connectivity index (χ1n) is 2.55. The van der Waals surface area contributed by atoms with Crippen LogP contribution in [-0.2, 0) is 4.79 Å². The fourth-order valence-corrected chi connectivity index (χ4v) is 0.817. The van der Waals surface area contributed by atoms with E-state index in [4.69, 9.17) is 22.4 Å². The number of aliphatic carboxylic acids is 1. The van der Waals surface area contributed by atoms with Gasteiger partial charge in [0.2, 0.25) is 0 Å². The lowest BCUT2D eigenvalue weighted by Gasteiger charge is -1.90. The third-order valence-electron chi connectivity index (χ3n) is 1.10. The summed E-state index contributed by atoms with van der Waals surface area (Å²) in [6, 6.07) is 0. The minimum Gasteiger partial charge on any atom is -0.476 e. The zero-order chi connectivity index (χ0) is 7.72. The fourth-order valence-electron chi connectivity index (χ4n) is 0.617. The topological polar surface area (TPSA) is 75.7 Å². The van der Waals surface area contributed by atoms with Gasteiger partial charge < -0.3 is 10.8 Å². The molecule has 0 bridgehead atoms. The summed E-state index contributed by atoms with van der Waals surface area (Å²) in [4.78, 5) is 13.8. The van der Waals surface area contributed by atoms with E-state index in [1.54, 1.807) is 0 Å². The van der Waals surface area contributed by atoms with Crippen molar-refractivity contribution >= 4 is 23.3 Å². The van der Waals surface area contributed by atoms with E-state index in [0.29, 0.717) is 5.70 Å². The molecule has 4 nitrogen and oxygen atoms in total. The van der Waals surface area contributed by atoms with Crippen LogP contribution in [0.25, 0.3) is 0 Å². The van der Waals surface area contributed by atoms with Gasteiger partial charge in [-0.15, -0.1) is 0 Å². The minimum absolute atomic E-state index is 0.0625. The van der Waals surface area contributed by atoms with Crippen LogP contribution < -0.4 is 5.73 Å². The van der Waals surface area contributed by atoms with Gasteiger partial charge in [0.25, 0.3) is 0 Å². The Morgan fingerprint density at radius 1 is 1.80 bits per heavy atom. The van der Waals surface area contributed by atoms with Crippen LogP contribution in [0.2, 0.25) is 0 Å². The molecule has 0 unspecified atom stereocenters. The van der Waals surface area contributed by atoms with Crippen molar-refractivity contribution in [1.82, 2.24) is 0 Å². The van der Waals surface area contributed by atoms with Crippen molar-refractivity contribution in [2.75, 3.05) is 6.54 Å². The molecule has 0 amide bonds. The Balaban J connectivity index is 2.93. The molecular weight excluding hydrogens is 156 g/mol. The molecule has 1 heterocycles. The third-order valence-corrected chi connectivity index (χ3v) is 1.52. The van der Waals surface area contributed by atoms with Crippen molar-refractivity contribution in [2.24, 2.45) is 10.7 Å². The molecular formula is C5H5ClN2O2. The van der Waals surface area contributed by atoms with Crippen molar-refractivity contribution in [3.8, 4) is 0 Å². The van der Waals surface area contributed by atoms with Gasteiger partial charge in [-0.1, -0.05) is 11.6 Å². The van der Waals surface area contributed by atoms with Crippen LogP contribution in [0.4, 0.5) is 0 Å². The van der Waals surface area contributed by atoms with E-state index in [1.807, 2.05) is 0 Å². The number of nitrogens with zero attached hydrogens (tertiary/aromatic N) is 1. The average molecular weight is 161 g/mol. The summed E-state index contributed by atoms with van der Waals surface area (Å²) >= 11 is 5.47. The van der Waals surface area contributed by atoms with Crippen molar-refractivity contribution in [1.29, 1.82) is 0 Å². The second-order valence-electron chi connectivity index (χ2n) is 1.81. The SMILES string of the molecule is NC1=C(Cl)C(C(=O)O)=NC1. The minimum atomic E-state index is -1.13. The molecule has 0 aromatic heterocycles.